The van der Waals surface area contributed by atoms with E-state index in [4.69, 9.17) is 5.73 Å². The molecule has 0 radical (unpaired) electrons. The molecule has 2 N–H and O–H groups in total. The third kappa shape index (κ3) is 4.30. The number of likely N-dealkylation sites (tertiary alicyclic amines) is 1. The van der Waals surface area contributed by atoms with Crippen LogP contribution in [0.1, 0.15) is 51.9 Å². The number of aromatic nitrogens is 2. The summed E-state index contributed by atoms with van der Waals surface area (Å²) >= 11 is 0. The Morgan fingerprint density at radius 1 is 1.26 bits per heavy atom. The zero-order chi connectivity index (χ0) is 19.6. The quantitative estimate of drug-likeness (QED) is 0.894. The van der Waals surface area contributed by atoms with Crippen LogP contribution in [0.25, 0.3) is 0 Å². The van der Waals surface area contributed by atoms with Gasteiger partial charge in [-0.2, -0.15) is 0 Å². The summed E-state index contributed by atoms with van der Waals surface area (Å²) in [5.74, 6) is -0.333. The SMILES string of the molecule is Cc1nc([C@H]2CCCN(C(=O)c3cccc(F)c3)C2)nc(C)c1CC(N)=O. The zero-order valence-corrected chi connectivity index (χ0v) is 15.5. The highest BCUT2D eigenvalue weighted by atomic mass is 19.1. The molecule has 1 aromatic heterocycles. The van der Waals surface area contributed by atoms with Crippen molar-refractivity contribution < 1.29 is 14.0 Å². The van der Waals surface area contributed by atoms with Gasteiger partial charge in [0.2, 0.25) is 5.91 Å². The third-order valence-electron chi connectivity index (χ3n) is 4.93. The van der Waals surface area contributed by atoms with Crippen LogP contribution in [-0.2, 0) is 11.2 Å². The number of carbonyl (C=O) groups is 2. The van der Waals surface area contributed by atoms with E-state index in [1.165, 1.54) is 18.2 Å². The first-order chi connectivity index (χ1) is 12.8. The minimum Gasteiger partial charge on any atom is -0.369 e. The molecule has 3 rings (SSSR count). The highest BCUT2D eigenvalue weighted by Gasteiger charge is 2.28. The van der Waals surface area contributed by atoms with Gasteiger partial charge in [0, 0.05) is 41.5 Å². The normalized spacial score (nSPS) is 17.0. The molecule has 142 valence electrons. The van der Waals surface area contributed by atoms with Gasteiger partial charge >= 0.3 is 0 Å². The maximum absolute atomic E-state index is 13.4. The van der Waals surface area contributed by atoms with Crippen LogP contribution in [0, 0.1) is 19.7 Å². The second-order valence-electron chi connectivity index (χ2n) is 6.97. The van der Waals surface area contributed by atoms with Crippen LogP contribution in [0.15, 0.2) is 24.3 Å². The van der Waals surface area contributed by atoms with E-state index in [0.717, 1.165) is 29.8 Å². The summed E-state index contributed by atoms with van der Waals surface area (Å²) in [6.45, 7) is 4.80. The number of rotatable bonds is 4. The van der Waals surface area contributed by atoms with Gasteiger partial charge in [0.25, 0.3) is 5.91 Å². The van der Waals surface area contributed by atoms with Crippen molar-refractivity contribution >= 4 is 11.8 Å². The fraction of sp³-hybridized carbons (Fsp3) is 0.400. The van der Waals surface area contributed by atoms with E-state index in [1.807, 2.05) is 13.8 Å². The third-order valence-corrected chi connectivity index (χ3v) is 4.93. The molecular formula is C20H23FN4O2. The number of benzene rings is 1. The Kier molecular flexibility index (Phi) is 5.48. The van der Waals surface area contributed by atoms with E-state index in [1.54, 1.807) is 11.0 Å². The van der Waals surface area contributed by atoms with Crippen molar-refractivity contribution in [2.24, 2.45) is 5.73 Å². The van der Waals surface area contributed by atoms with Crippen LogP contribution in [0.5, 0.6) is 0 Å². The van der Waals surface area contributed by atoms with Gasteiger partial charge < -0.3 is 10.6 Å². The molecule has 1 atom stereocenters. The smallest absolute Gasteiger partial charge is 0.253 e. The molecule has 7 heteroatoms. The molecule has 0 bridgehead atoms. The largest absolute Gasteiger partial charge is 0.369 e. The summed E-state index contributed by atoms with van der Waals surface area (Å²) in [5.41, 5.74) is 7.88. The molecule has 6 nitrogen and oxygen atoms in total. The number of amides is 2. The average Bonchev–Trinajstić information content (AvgIpc) is 2.64. The van der Waals surface area contributed by atoms with Crippen LogP contribution in [-0.4, -0.2) is 39.8 Å². The summed E-state index contributed by atoms with van der Waals surface area (Å²) in [5, 5.41) is 0. The maximum Gasteiger partial charge on any atom is 0.253 e. The van der Waals surface area contributed by atoms with Crippen LogP contribution in [0.4, 0.5) is 4.39 Å². The lowest BCUT2D eigenvalue weighted by molar-refractivity contribution is -0.117. The van der Waals surface area contributed by atoms with E-state index in [-0.39, 0.29) is 18.2 Å². The van der Waals surface area contributed by atoms with Crippen molar-refractivity contribution in [1.82, 2.24) is 14.9 Å². The minimum absolute atomic E-state index is 0.0105. The zero-order valence-electron chi connectivity index (χ0n) is 15.5. The highest BCUT2D eigenvalue weighted by molar-refractivity contribution is 5.94. The lowest BCUT2D eigenvalue weighted by Gasteiger charge is -2.32. The molecule has 0 unspecified atom stereocenters. The van der Waals surface area contributed by atoms with E-state index >= 15 is 0 Å². The molecule has 1 fully saturated rings. The second kappa shape index (κ2) is 7.82. The molecule has 2 aromatic rings. The number of nitrogens with zero attached hydrogens (tertiary/aromatic N) is 3. The van der Waals surface area contributed by atoms with E-state index in [0.29, 0.717) is 24.5 Å². The van der Waals surface area contributed by atoms with E-state index in [2.05, 4.69) is 9.97 Å². The molecule has 1 saturated heterocycles. The number of hydrogen-bond donors (Lipinski definition) is 1. The first kappa shape index (κ1) is 18.9. The molecule has 2 amide bonds. The van der Waals surface area contributed by atoms with Gasteiger partial charge in [-0.1, -0.05) is 6.07 Å². The number of piperidine rings is 1. The monoisotopic (exact) mass is 370 g/mol. The summed E-state index contributed by atoms with van der Waals surface area (Å²) in [6, 6.07) is 5.74. The Bertz CT molecular complexity index is 861. The number of hydrogen-bond acceptors (Lipinski definition) is 4. The van der Waals surface area contributed by atoms with E-state index in [9.17, 15) is 14.0 Å². The molecule has 1 aliphatic rings. The summed E-state index contributed by atoms with van der Waals surface area (Å²) in [6.07, 6.45) is 1.82. The Hall–Kier alpha value is -2.83. The van der Waals surface area contributed by atoms with Crippen molar-refractivity contribution in [3.8, 4) is 0 Å². The predicted molar refractivity (Wildman–Crippen MR) is 98.7 cm³/mol. The first-order valence-corrected chi connectivity index (χ1v) is 9.02. The van der Waals surface area contributed by atoms with Crippen LogP contribution >= 0.6 is 0 Å². The number of aryl methyl sites for hydroxylation is 2. The molecule has 2 heterocycles. The summed E-state index contributed by atoms with van der Waals surface area (Å²) < 4.78 is 13.4. The van der Waals surface area contributed by atoms with Crippen molar-refractivity contribution in [3.05, 3.63) is 58.4 Å². The summed E-state index contributed by atoms with van der Waals surface area (Å²) in [4.78, 5) is 34.8. The number of nitrogens with two attached hydrogens (primary N) is 1. The Morgan fingerprint density at radius 3 is 2.59 bits per heavy atom. The minimum atomic E-state index is -0.422. The van der Waals surface area contributed by atoms with Crippen LogP contribution in [0.2, 0.25) is 0 Å². The van der Waals surface area contributed by atoms with Gasteiger partial charge in [-0.3, -0.25) is 9.59 Å². The molecular weight excluding hydrogens is 347 g/mol. The molecule has 0 aliphatic carbocycles. The Balaban J connectivity index is 1.80. The fourth-order valence-corrected chi connectivity index (χ4v) is 3.55. The second-order valence-corrected chi connectivity index (χ2v) is 6.97. The Morgan fingerprint density at radius 2 is 1.96 bits per heavy atom. The van der Waals surface area contributed by atoms with Gasteiger partial charge in [-0.25, -0.2) is 14.4 Å². The van der Waals surface area contributed by atoms with Gasteiger partial charge in [-0.15, -0.1) is 0 Å². The van der Waals surface area contributed by atoms with Crippen LogP contribution in [0.3, 0.4) is 0 Å². The topological polar surface area (TPSA) is 89.2 Å². The first-order valence-electron chi connectivity index (χ1n) is 9.02. The predicted octanol–water partition coefficient (Wildman–Crippen LogP) is 2.28. The van der Waals surface area contributed by atoms with Gasteiger partial charge in [-0.05, 0) is 44.9 Å². The lowest BCUT2D eigenvalue weighted by atomic mass is 9.95. The van der Waals surface area contributed by atoms with Gasteiger partial charge in [0.1, 0.15) is 11.6 Å². The standard InChI is InChI=1S/C20H23FN4O2/c1-12-17(10-18(22)26)13(2)24-19(23-12)15-6-4-8-25(11-15)20(27)14-5-3-7-16(21)9-14/h3,5,7,9,15H,4,6,8,10-11H2,1-2H3,(H2,22,26)/t15-/m0/s1. The average molecular weight is 370 g/mol. The van der Waals surface area contributed by atoms with Crippen molar-refractivity contribution in [2.45, 2.75) is 39.0 Å². The number of halogens is 1. The van der Waals surface area contributed by atoms with E-state index < -0.39 is 11.7 Å². The van der Waals surface area contributed by atoms with Gasteiger partial charge in [0.15, 0.2) is 0 Å². The van der Waals surface area contributed by atoms with Crippen LogP contribution < -0.4 is 5.73 Å². The molecule has 1 aromatic carbocycles. The molecule has 27 heavy (non-hydrogen) atoms. The number of primary amides is 1. The molecule has 0 spiro atoms. The maximum atomic E-state index is 13.4. The van der Waals surface area contributed by atoms with Crippen molar-refractivity contribution in [2.75, 3.05) is 13.1 Å². The highest BCUT2D eigenvalue weighted by Crippen LogP contribution is 2.27. The molecule has 0 saturated carbocycles. The lowest BCUT2D eigenvalue weighted by Crippen LogP contribution is -2.39. The van der Waals surface area contributed by atoms with Crippen molar-refractivity contribution in [1.29, 1.82) is 0 Å². The van der Waals surface area contributed by atoms with Crippen molar-refractivity contribution in [3.63, 3.8) is 0 Å². The fourth-order valence-electron chi connectivity index (χ4n) is 3.55. The molecule has 1 aliphatic heterocycles. The summed E-state index contributed by atoms with van der Waals surface area (Å²) in [7, 11) is 0. The van der Waals surface area contributed by atoms with Gasteiger partial charge in [0.05, 0.1) is 6.42 Å². The number of carbonyl (C=O) groups excluding carboxylic acids is 2. The Labute approximate surface area is 157 Å².